The number of phenols is 1. The fourth-order valence-corrected chi connectivity index (χ4v) is 11.1. The zero-order valence-corrected chi connectivity index (χ0v) is 41.7. The van der Waals surface area contributed by atoms with E-state index in [9.17, 15) is 14.7 Å². The Bertz CT molecular complexity index is 2750. The van der Waals surface area contributed by atoms with Crippen LogP contribution in [0.25, 0.3) is 21.7 Å². The molecule has 0 radical (unpaired) electrons. The molecule has 5 aromatic rings. The Morgan fingerprint density at radius 2 is 1.80 bits per heavy atom. The molecule has 2 aromatic carbocycles. The van der Waals surface area contributed by atoms with Crippen molar-refractivity contribution >= 4 is 34.4 Å². The molecule has 3 aromatic heterocycles. The summed E-state index contributed by atoms with van der Waals surface area (Å²) in [6.45, 7) is 14.4. The van der Waals surface area contributed by atoms with Crippen LogP contribution in [0.5, 0.6) is 11.6 Å². The van der Waals surface area contributed by atoms with Gasteiger partial charge in [0.25, 0.3) is 5.88 Å². The van der Waals surface area contributed by atoms with Crippen molar-refractivity contribution in [3.63, 3.8) is 0 Å². The van der Waals surface area contributed by atoms with Crippen LogP contribution in [0, 0.1) is 42.4 Å². The second-order valence-electron chi connectivity index (χ2n) is 19.8. The number of benzene rings is 2. The summed E-state index contributed by atoms with van der Waals surface area (Å²) in [6.07, 6.45) is 12.5. The number of hydrogen-bond donors (Lipinski definition) is 5. The highest BCUT2D eigenvalue weighted by atomic mass is 32.1. The summed E-state index contributed by atoms with van der Waals surface area (Å²) in [5.74, 6) is 9.25. The summed E-state index contributed by atoms with van der Waals surface area (Å²) in [5.41, 5.74) is 20.4. The van der Waals surface area contributed by atoms with E-state index in [1.54, 1.807) is 40.6 Å². The predicted molar refractivity (Wildman–Crippen MR) is 271 cm³/mol. The number of carbonyl (C=O) groups excluding carboxylic acids is 2. The van der Waals surface area contributed by atoms with E-state index in [4.69, 9.17) is 15.0 Å². The number of piperidine rings is 1. The number of ether oxygens (including phenoxy) is 1. The van der Waals surface area contributed by atoms with E-state index in [-0.39, 0.29) is 35.6 Å². The molecule has 2 saturated heterocycles. The standard InChI is InChI=1S/C54H66N10O5S/c1-33(2)50(54(67)63-21-8-10-46(63)53(66)58-35(4)40-14-16-41(17-15-40)51-36(5)56-32-70-51)48-28-49(61-69-48)68-24-20-37-18-22-62(23-19-37)30-39-25-38(26-39)13-12-34(3)64-31-42(29-57-64)44-27-45(59-60-52(44)55)43-9-6-7-11-47(43)65/h6-7,9,11,14-17,27-29,31-35,37-39,46,50,59-60,65H,8,10,18-26,30,55H2,1-5H3,(H,58,66)/t34?,35-,38-,39-,46-,50+/m0/s1. The number of nitrogens with zero attached hydrogens (tertiary/aromatic N) is 6. The number of likely N-dealkylation sites (tertiary alicyclic amines) is 2. The Morgan fingerprint density at radius 1 is 1.01 bits per heavy atom. The summed E-state index contributed by atoms with van der Waals surface area (Å²) in [7, 11) is 0. The molecule has 0 spiro atoms. The number of carbonyl (C=O) groups is 2. The van der Waals surface area contributed by atoms with Crippen LogP contribution < -0.4 is 26.6 Å². The Morgan fingerprint density at radius 3 is 2.54 bits per heavy atom. The van der Waals surface area contributed by atoms with Gasteiger partial charge in [0.1, 0.15) is 29.6 Å². The molecule has 4 aliphatic rings. The quantitative estimate of drug-likeness (QED) is 0.0598. The molecule has 9 rings (SSSR count). The number of hydrazine groups is 1. The van der Waals surface area contributed by atoms with E-state index in [2.05, 4.69) is 67.2 Å². The molecule has 6 heterocycles. The molecule has 4 atom stereocenters. The van der Waals surface area contributed by atoms with Crippen LogP contribution in [0.15, 0.2) is 88.9 Å². The zero-order valence-electron chi connectivity index (χ0n) is 40.9. The minimum atomic E-state index is -0.576. The number of aromatic nitrogens is 4. The van der Waals surface area contributed by atoms with E-state index >= 15 is 0 Å². The lowest BCUT2D eigenvalue weighted by Crippen LogP contribution is -2.48. The molecule has 3 aliphatic heterocycles. The smallest absolute Gasteiger partial charge is 0.254 e. The average molecular weight is 967 g/mol. The van der Waals surface area contributed by atoms with Gasteiger partial charge in [-0.25, -0.2) is 4.98 Å². The Hall–Kier alpha value is -6.57. The number of hydrogen-bond acceptors (Lipinski definition) is 13. The van der Waals surface area contributed by atoms with Gasteiger partial charge in [-0.15, -0.1) is 11.3 Å². The molecular weight excluding hydrogens is 901 g/mol. The highest BCUT2D eigenvalue weighted by Crippen LogP contribution is 2.37. The second-order valence-corrected chi connectivity index (χ2v) is 20.7. The van der Waals surface area contributed by atoms with E-state index < -0.39 is 12.0 Å². The van der Waals surface area contributed by atoms with Gasteiger partial charge in [0, 0.05) is 48.0 Å². The largest absolute Gasteiger partial charge is 0.507 e. The first-order valence-corrected chi connectivity index (χ1v) is 25.8. The number of rotatable bonds is 16. The maximum absolute atomic E-state index is 14.2. The number of nitrogens with one attached hydrogen (secondary N) is 3. The highest BCUT2D eigenvalue weighted by Gasteiger charge is 2.41. The summed E-state index contributed by atoms with van der Waals surface area (Å²) >= 11 is 1.62. The monoisotopic (exact) mass is 966 g/mol. The molecule has 368 valence electrons. The third kappa shape index (κ3) is 11.1. The van der Waals surface area contributed by atoms with Crippen molar-refractivity contribution in [2.75, 3.05) is 32.8 Å². The van der Waals surface area contributed by atoms with Crippen LogP contribution in [-0.2, 0) is 9.59 Å². The number of amides is 2. The van der Waals surface area contributed by atoms with Crippen LogP contribution in [0.4, 0.5) is 0 Å². The molecule has 2 amide bonds. The van der Waals surface area contributed by atoms with Gasteiger partial charge in [-0.05, 0) is 131 Å². The van der Waals surface area contributed by atoms with Gasteiger partial charge in [0.15, 0.2) is 5.76 Å². The minimum Gasteiger partial charge on any atom is -0.507 e. The van der Waals surface area contributed by atoms with Gasteiger partial charge in [-0.1, -0.05) is 62.1 Å². The number of aromatic hydroxyl groups is 1. The molecule has 70 heavy (non-hydrogen) atoms. The first-order chi connectivity index (χ1) is 33.9. The molecule has 1 aliphatic carbocycles. The van der Waals surface area contributed by atoms with Crippen molar-refractivity contribution in [3.05, 3.63) is 113 Å². The first-order valence-electron chi connectivity index (χ1n) is 24.9. The molecule has 6 N–H and O–H groups in total. The van der Waals surface area contributed by atoms with Gasteiger partial charge in [0.2, 0.25) is 11.8 Å². The van der Waals surface area contributed by atoms with Gasteiger partial charge >= 0.3 is 0 Å². The number of nitrogens with two attached hydrogens (primary N) is 1. The topological polar surface area (TPSA) is 189 Å². The summed E-state index contributed by atoms with van der Waals surface area (Å²) in [4.78, 5) is 37.7. The zero-order chi connectivity index (χ0) is 48.9. The number of phenolic OH excluding ortho intramolecular Hbond substituents is 1. The molecule has 3 fully saturated rings. The van der Waals surface area contributed by atoms with Crippen LogP contribution in [0.1, 0.15) is 119 Å². The lowest BCUT2D eigenvalue weighted by Gasteiger charge is -2.39. The number of thiazole rings is 1. The van der Waals surface area contributed by atoms with Crippen LogP contribution >= 0.6 is 11.3 Å². The Balaban J connectivity index is 0.682. The summed E-state index contributed by atoms with van der Waals surface area (Å²) < 4.78 is 13.8. The van der Waals surface area contributed by atoms with Gasteiger partial charge in [-0.2, -0.15) is 5.10 Å². The normalized spacial score (nSPS) is 20.9. The molecule has 1 unspecified atom stereocenters. The predicted octanol–water partition coefficient (Wildman–Crippen LogP) is 8.16. The maximum atomic E-state index is 14.2. The van der Waals surface area contributed by atoms with Crippen molar-refractivity contribution in [1.82, 2.24) is 45.9 Å². The molecular formula is C54H66N10O5S. The lowest BCUT2D eigenvalue weighted by molar-refractivity contribution is -0.141. The maximum Gasteiger partial charge on any atom is 0.254 e. The van der Waals surface area contributed by atoms with Crippen molar-refractivity contribution in [2.24, 2.45) is 29.4 Å². The van der Waals surface area contributed by atoms with Gasteiger partial charge < -0.3 is 35.2 Å². The van der Waals surface area contributed by atoms with Crippen LogP contribution in [-0.4, -0.2) is 85.5 Å². The molecule has 15 nitrogen and oxygen atoms in total. The van der Waals surface area contributed by atoms with Crippen molar-refractivity contribution in [3.8, 4) is 33.9 Å². The highest BCUT2D eigenvalue weighted by molar-refractivity contribution is 7.13. The van der Waals surface area contributed by atoms with E-state index in [0.717, 1.165) is 91.0 Å². The fraction of sp³-hybridized carbons (Fsp3) is 0.463. The van der Waals surface area contributed by atoms with Gasteiger partial charge in [0.05, 0.1) is 40.6 Å². The molecule has 0 bridgehead atoms. The Labute approximate surface area is 414 Å². The second kappa shape index (κ2) is 21.6. The van der Waals surface area contributed by atoms with E-state index in [1.165, 1.54) is 0 Å². The summed E-state index contributed by atoms with van der Waals surface area (Å²) in [5, 5.41) is 22.3. The Kier molecular flexibility index (Phi) is 15.0. The first kappa shape index (κ1) is 48.5. The number of para-hydroxylation sites is 1. The van der Waals surface area contributed by atoms with E-state index in [0.29, 0.717) is 66.0 Å². The van der Waals surface area contributed by atoms with Crippen molar-refractivity contribution in [2.45, 2.75) is 104 Å². The van der Waals surface area contributed by atoms with Gasteiger partial charge in [-0.3, -0.25) is 25.1 Å². The summed E-state index contributed by atoms with van der Waals surface area (Å²) in [6, 6.07) is 16.3. The van der Waals surface area contributed by atoms with E-state index in [1.807, 2.05) is 74.4 Å². The minimum absolute atomic E-state index is 0.0690. The van der Waals surface area contributed by atoms with Crippen LogP contribution in [0.2, 0.25) is 0 Å². The number of aryl methyl sites for hydroxylation is 1. The lowest BCUT2D eigenvalue weighted by atomic mass is 9.74. The average Bonchev–Trinajstić information content (AvgIpc) is 4.20. The molecule has 16 heteroatoms. The van der Waals surface area contributed by atoms with Crippen molar-refractivity contribution < 1.29 is 24.0 Å². The fourth-order valence-electron chi connectivity index (χ4n) is 10.3. The molecule has 1 saturated carbocycles. The SMILES string of the molecule is Cc1ncsc1-c1ccc([C@H](C)NC(=O)[C@@H]2CCCN2C(=O)[C@@H](c2cc(OCCC3CCN(C[C@H]4C[C@H](C#CC(C)n5cc(C6=C(N)NNC(c7ccccc7O)=C6)cn5)C4)CC3)no2)C(C)C)cc1. The third-order valence-electron chi connectivity index (χ3n) is 14.5. The van der Waals surface area contributed by atoms with Crippen molar-refractivity contribution in [1.29, 1.82) is 0 Å². The van der Waals surface area contributed by atoms with Crippen LogP contribution in [0.3, 0.4) is 0 Å². The third-order valence-corrected chi connectivity index (χ3v) is 15.5. The number of allylic oxidation sites excluding steroid dienone is 2.